The summed E-state index contributed by atoms with van der Waals surface area (Å²) in [5.74, 6) is 0. The molecule has 0 spiro atoms. The van der Waals surface area contributed by atoms with Crippen molar-refractivity contribution in [3.8, 4) is 0 Å². The van der Waals surface area contributed by atoms with Crippen molar-refractivity contribution in [1.82, 2.24) is 0 Å². The van der Waals surface area contributed by atoms with Gasteiger partial charge in [-0.25, -0.2) is 0 Å². The Kier molecular flexibility index (Phi) is 3.62. The van der Waals surface area contributed by atoms with E-state index < -0.39 is 11.7 Å². The molecule has 0 radical (unpaired) electrons. The zero-order chi connectivity index (χ0) is 14.9. The van der Waals surface area contributed by atoms with E-state index in [1.54, 1.807) is 6.07 Å². The summed E-state index contributed by atoms with van der Waals surface area (Å²) in [7, 11) is 0. The van der Waals surface area contributed by atoms with E-state index in [4.69, 9.17) is 0 Å². The average Bonchev–Trinajstić information content (AvgIpc) is 2.46. The van der Waals surface area contributed by atoms with Gasteiger partial charge in [-0.15, -0.1) is 0 Å². The van der Waals surface area contributed by atoms with Crippen LogP contribution in [0.4, 0.5) is 18.9 Å². The molecule has 1 aliphatic rings. The molecular formula is C17H16F3N. The first-order valence-electron chi connectivity index (χ1n) is 7.03. The Labute approximate surface area is 121 Å². The molecule has 0 fully saturated rings. The Morgan fingerprint density at radius 3 is 2.67 bits per heavy atom. The molecule has 0 amide bonds. The van der Waals surface area contributed by atoms with E-state index in [1.807, 2.05) is 18.2 Å². The molecule has 1 nitrogen and oxygen atoms in total. The molecule has 1 heterocycles. The number of anilines is 1. The molecule has 2 aromatic carbocycles. The van der Waals surface area contributed by atoms with Crippen LogP contribution in [0.25, 0.3) is 0 Å². The van der Waals surface area contributed by atoms with Crippen LogP contribution < -0.4 is 5.32 Å². The summed E-state index contributed by atoms with van der Waals surface area (Å²) in [5, 5.41) is 3.42. The number of fused-ring (bicyclic) bond motifs is 1. The van der Waals surface area contributed by atoms with Gasteiger partial charge in [-0.1, -0.05) is 36.4 Å². The standard InChI is InChI=1S/C17H16F3N/c18-17(19,20)14-6-3-4-12(10-14)11-15-9-8-13-5-1-2-7-16(13)21-15/h1-7,10,15,21H,8-9,11H2. The Bertz CT molecular complexity index is 634. The lowest BCUT2D eigenvalue weighted by Gasteiger charge is -2.27. The second kappa shape index (κ2) is 5.43. The quantitative estimate of drug-likeness (QED) is 0.847. The molecule has 1 unspecified atom stereocenters. The minimum absolute atomic E-state index is 0.184. The van der Waals surface area contributed by atoms with Crippen molar-refractivity contribution in [2.45, 2.75) is 31.5 Å². The highest BCUT2D eigenvalue weighted by Crippen LogP contribution is 2.31. The van der Waals surface area contributed by atoms with Gasteiger partial charge in [-0.05, 0) is 42.5 Å². The Hall–Kier alpha value is -1.97. The monoisotopic (exact) mass is 291 g/mol. The minimum Gasteiger partial charge on any atom is -0.382 e. The zero-order valence-electron chi connectivity index (χ0n) is 11.5. The third kappa shape index (κ3) is 3.20. The van der Waals surface area contributed by atoms with Crippen LogP contribution in [0.1, 0.15) is 23.1 Å². The van der Waals surface area contributed by atoms with Crippen LogP contribution in [0.3, 0.4) is 0 Å². The maximum atomic E-state index is 12.7. The number of aryl methyl sites for hydroxylation is 1. The largest absolute Gasteiger partial charge is 0.416 e. The van der Waals surface area contributed by atoms with E-state index in [0.29, 0.717) is 6.42 Å². The van der Waals surface area contributed by atoms with Gasteiger partial charge in [0.05, 0.1) is 5.56 Å². The summed E-state index contributed by atoms with van der Waals surface area (Å²) in [6, 6.07) is 13.9. The molecule has 21 heavy (non-hydrogen) atoms. The van der Waals surface area contributed by atoms with Crippen molar-refractivity contribution >= 4 is 5.69 Å². The van der Waals surface area contributed by atoms with Gasteiger partial charge in [0.15, 0.2) is 0 Å². The average molecular weight is 291 g/mol. The minimum atomic E-state index is -4.28. The molecule has 2 aromatic rings. The van der Waals surface area contributed by atoms with Gasteiger partial charge in [0.2, 0.25) is 0 Å². The smallest absolute Gasteiger partial charge is 0.382 e. The zero-order valence-corrected chi connectivity index (χ0v) is 11.5. The first-order valence-corrected chi connectivity index (χ1v) is 7.03. The van der Waals surface area contributed by atoms with Gasteiger partial charge in [0.25, 0.3) is 0 Å². The Morgan fingerprint density at radius 2 is 1.86 bits per heavy atom. The van der Waals surface area contributed by atoms with Crippen molar-refractivity contribution < 1.29 is 13.2 Å². The maximum Gasteiger partial charge on any atom is 0.416 e. The van der Waals surface area contributed by atoms with E-state index in [-0.39, 0.29) is 6.04 Å². The fourth-order valence-electron chi connectivity index (χ4n) is 2.81. The number of halogens is 3. The summed E-state index contributed by atoms with van der Waals surface area (Å²) in [4.78, 5) is 0. The molecule has 0 saturated heterocycles. The van der Waals surface area contributed by atoms with E-state index in [2.05, 4.69) is 11.4 Å². The highest BCUT2D eigenvalue weighted by Gasteiger charge is 2.30. The van der Waals surface area contributed by atoms with Gasteiger partial charge >= 0.3 is 6.18 Å². The van der Waals surface area contributed by atoms with Crippen LogP contribution in [-0.4, -0.2) is 6.04 Å². The summed E-state index contributed by atoms with van der Waals surface area (Å²) in [5.41, 5.74) is 2.52. The van der Waals surface area contributed by atoms with E-state index in [9.17, 15) is 13.2 Å². The summed E-state index contributed by atoms with van der Waals surface area (Å²) >= 11 is 0. The van der Waals surface area contributed by atoms with Gasteiger partial charge < -0.3 is 5.32 Å². The first kappa shape index (κ1) is 14.0. The van der Waals surface area contributed by atoms with E-state index >= 15 is 0 Å². The van der Waals surface area contributed by atoms with Gasteiger partial charge in [0.1, 0.15) is 0 Å². The van der Waals surface area contributed by atoms with Crippen LogP contribution in [0.15, 0.2) is 48.5 Å². The number of benzene rings is 2. The first-order chi connectivity index (χ1) is 10.0. The van der Waals surface area contributed by atoms with Crippen molar-refractivity contribution in [2.24, 2.45) is 0 Å². The predicted molar refractivity (Wildman–Crippen MR) is 77.3 cm³/mol. The van der Waals surface area contributed by atoms with Crippen LogP contribution in [-0.2, 0) is 19.0 Å². The number of alkyl halides is 3. The molecule has 4 heteroatoms. The lowest BCUT2D eigenvalue weighted by molar-refractivity contribution is -0.137. The summed E-state index contributed by atoms with van der Waals surface area (Å²) in [6.45, 7) is 0. The van der Waals surface area contributed by atoms with Crippen LogP contribution in [0, 0.1) is 0 Å². The van der Waals surface area contributed by atoms with Crippen LogP contribution in [0.5, 0.6) is 0 Å². The van der Waals surface area contributed by atoms with E-state index in [1.165, 1.54) is 17.7 Å². The normalized spacial score (nSPS) is 18.0. The lowest BCUT2D eigenvalue weighted by Crippen LogP contribution is -2.27. The van der Waals surface area contributed by atoms with Crippen molar-refractivity contribution in [2.75, 3.05) is 5.32 Å². The van der Waals surface area contributed by atoms with Gasteiger partial charge in [-0.2, -0.15) is 13.2 Å². The molecular weight excluding hydrogens is 275 g/mol. The Balaban J connectivity index is 1.74. The van der Waals surface area contributed by atoms with Crippen LogP contribution >= 0.6 is 0 Å². The van der Waals surface area contributed by atoms with Crippen molar-refractivity contribution in [3.63, 3.8) is 0 Å². The number of para-hydroxylation sites is 1. The third-order valence-corrected chi connectivity index (χ3v) is 3.88. The Morgan fingerprint density at radius 1 is 1.05 bits per heavy atom. The highest BCUT2D eigenvalue weighted by molar-refractivity contribution is 5.54. The molecule has 0 aliphatic carbocycles. The number of rotatable bonds is 2. The molecule has 1 N–H and O–H groups in total. The summed E-state index contributed by atoms with van der Waals surface area (Å²) < 4.78 is 38.2. The second-order valence-corrected chi connectivity index (χ2v) is 5.44. The fraction of sp³-hybridized carbons (Fsp3) is 0.294. The molecule has 0 aromatic heterocycles. The van der Waals surface area contributed by atoms with E-state index in [0.717, 1.165) is 30.2 Å². The molecule has 1 aliphatic heterocycles. The van der Waals surface area contributed by atoms with Crippen molar-refractivity contribution in [1.29, 1.82) is 0 Å². The van der Waals surface area contributed by atoms with Gasteiger partial charge in [-0.3, -0.25) is 0 Å². The molecule has 1 atom stereocenters. The van der Waals surface area contributed by atoms with Crippen LogP contribution in [0.2, 0.25) is 0 Å². The maximum absolute atomic E-state index is 12.7. The topological polar surface area (TPSA) is 12.0 Å². The van der Waals surface area contributed by atoms with Crippen molar-refractivity contribution in [3.05, 3.63) is 65.2 Å². The number of nitrogens with one attached hydrogen (secondary N) is 1. The molecule has 110 valence electrons. The number of hydrogen-bond donors (Lipinski definition) is 1. The predicted octanol–water partition coefficient (Wildman–Crippen LogP) is 4.67. The summed E-state index contributed by atoms with van der Waals surface area (Å²) in [6.07, 6.45) is -1.76. The lowest BCUT2D eigenvalue weighted by atomic mass is 9.93. The number of hydrogen-bond acceptors (Lipinski definition) is 1. The SMILES string of the molecule is FC(F)(F)c1cccc(CC2CCc3ccccc3N2)c1. The highest BCUT2D eigenvalue weighted by atomic mass is 19.4. The molecule has 0 bridgehead atoms. The molecule has 3 rings (SSSR count). The second-order valence-electron chi connectivity index (χ2n) is 5.44. The molecule has 0 saturated carbocycles. The van der Waals surface area contributed by atoms with Gasteiger partial charge in [0, 0.05) is 11.7 Å². The fourth-order valence-corrected chi connectivity index (χ4v) is 2.81. The third-order valence-electron chi connectivity index (χ3n) is 3.88.